The van der Waals surface area contributed by atoms with Gasteiger partial charge in [0.05, 0.1) is 47.2 Å². The lowest BCUT2D eigenvalue weighted by atomic mass is 9.91. The number of methoxy groups -OCH3 is 1. The lowest BCUT2D eigenvalue weighted by Crippen LogP contribution is -2.57. The van der Waals surface area contributed by atoms with Crippen LogP contribution < -0.4 is 9.64 Å². The molecule has 0 saturated carbocycles. The second-order valence-electron chi connectivity index (χ2n) is 10.2. The van der Waals surface area contributed by atoms with Gasteiger partial charge in [0, 0.05) is 66.2 Å². The first-order valence-electron chi connectivity index (χ1n) is 12.9. The molecule has 5 aromatic heterocycles. The van der Waals surface area contributed by atoms with Crippen molar-refractivity contribution in [1.29, 1.82) is 0 Å². The van der Waals surface area contributed by atoms with E-state index in [9.17, 15) is 8.42 Å². The summed E-state index contributed by atoms with van der Waals surface area (Å²) in [6.45, 7) is 4.66. The van der Waals surface area contributed by atoms with Crippen LogP contribution in [-0.4, -0.2) is 69.8 Å². The standard InChI is InChI=1S/C29H29N7O3S/c1-18-22-15-32-36(27(22)13-25(33-18)23-14-30-10-8-28(23)39-3)29-12-21(11-26(34-29)24-7-5-6-9-31-24)35-16-20(19(35)2)17-40(4,37)38/h5-15,19-20H,16-17H2,1-4H3/t19-,20-/m1/s1. The van der Waals surface area contributed by atoms with E-state index >= 15 is 0 Å². The smallest absolute Gasteiger partial charge is 0.156 e. The molecular weight excluding hydrogens is 526 g/mol. The molecule has 40 heavy (non-hydrogen) atoms. The Labute approximate surface area is 232 Å². The van der Waals surface area contributed by atoms with Crippen molar-refractivity contribution in [3.63, 3.8) is 0 Å². The van der Waals surface area contributed by atoms with Gasteiger partial charge in [0.1, 0.15) is 15.6 Å². The Morgan fingerprint density at radius 3 is 2.60 bits per heavy atom. The van der Waals surface area contributed by atoms with Gasteiger partial charge in [-0.2, -0.15) is 5.10 Å². The van der Waals surface area contributed by atoms with E-state index in [0.29, 0.717) is 23.8 Å². The Bertz CT molecular complexity index is 1820. The number of nitrogens with zero attached hydrogens (tertiary/aromatic N) is 7. The largest absolute Gasteiger partial charge is 0.496 e. The Morgan fingerprint density at radius 2 is 1.88 bits per heavy atom. The highest BCUT2D eigenvalue weighted by molar-refractivity contribution is 7.90. The molecule has 0 radical (unpaired) electrons. The molecule has 0 amide bonds. The van der Waals surface area contributed by atoms with Gasteiger partial charge in [0.2, 0.25) is 0 Å². The molecule has 10 nitrogen and oxygen atoms in total. The van der Waals surface area contributed by atoms with Gasteiger partial charge < -0.3 is 9.64 Å². The van der Waals surface area contributed by atoms with Gasteiger partial charge in [0.15, 0.2) is 5.82 Å². The normalized spacial score (nSPS) is 17.1. The number of pyridine rings is 4. The minimum absolute atomic E-state index is 0.0621. The van der Waals surface area contributed by atoms with Gasteiger partial charge >= 0.3 is 0 Å². The van der Waals surface area contributed by atoms with E-state index in [1.807, 2.05) is 54.1 Å². The number of hydrogen-bond donors (Lipinski definition) is 0. The van der Waals surface area contributed by atoms with E-state index in [-0.39, 0.29) is 17.7 Å². The van der Waals surface area contributed by atoms with Gasteiger partial charge in [-0.1, -0.05) is 6.07 Å². The molecule has 0 aliphatic carbocycles. The van der Waals surface area contributed by atoms with E-state index in [1.165, 1.54) is 6.26 Å². The molecule has 1 saturated heterocycles. The number of hydrogen-bond acceptors (Lipinski definition) is 9. The van der Waals surface area contributed by atoms with Crippen LogP contribution in [0.15, 0.2) is 67.3 Å². The summed E-state index contributed by atoms with van der Waals surface area (Å²) in [4.78, 5) is 20.8. The lowest BCUT2D eigenvalue weighted by molar-refractivity contribution is 0.341. The van der Waals surface area contributed by atoms with E-state index in [2.05, 4.69) is 21.8 Å². The minimum atomic E-state index is -3.06. The van der Waals surface area contributed by atoms with Crippen molar-refractivity contribution in [2.45, 2.75) is 19.9 Å². The number of fused-ring (bicyclic) bond motifs is 1. The molecule has 0 aromatic carbocycles. The van der Waals surface area contributed by atoms with Crippen molar-refractivity contribution in [2.24, 2.45) is 5.92 Å². The third kappa shape index (κ3) is 4.77. The second kappa shape index (κ2) is 9.98. The summed E-state index contributed by atoms with van der Waals surface area (Å²) in [5, 5.41) is 5.62. The summed E-state index contributed by atoms with van der Waals surface area (Å²) in [5.74, 6) is 1.55. The van der Waals surface area contributed by atoms with Crippen molar-refractivity contribution < 1.29 is 13.2 Å². The molecule has 6 rings (SSSR count). The summed E-state index contributed by atoms with van der Waals surface area (Å²) in [5.41, 5.74) is 5.55. The van der Waals surface area contributed by atoms with E-state index < -0.39 is 9.84 Å². The van der Waals surface area contributed by atoms with Gasteiger partial charge in [-0.15, -0.1) is 0 Å². The van der Waals surface area contributed by atoms with Crippen molar-refractivity contribution in [1.82, 2.24) is 29.7 Å². The number of sulfone groups is 1. The summed E-state index contributed by atoms with van der Waals surface area (Å²) < 4.78 is 31.2. The lowest BCUT2D eigenvalue weighted by Gasteiger charge is -2.48. The van der Waals surface area contributed by atoms with Crippen LogP contribution >= 0.6 is 0 Å². The zero-order chi connectivity index (χ0) is 28.0. The fourth-order valence-corrected chi connectivity index (χ4v) is 6.44. The monoisotopic (exact) mass is 555 g/mol. The van der Waals surface area contributed by atoms with Crippen LogP contribution in [0.25, 0.3) is 39.4 Å². The zero-order valence-electron chi connectivity index (χ0n) is 22.7. The van der Waals surface area contributed by atoms with Crippen molar-refractivity contribution >= 4 is 26.4 Å². The Kier molecular flexibility index (Phi) is 6.46. The molecule has 0 N–H and O–H groups in total. The summed E-state index contributed by atoms with van der Waals surface area (Å²) >= 11 is 0. The summed E-state index contributed by atoms with van der Waals surface area (Å²) in [6.07, 6.45) is 8.25. The molecule has 1 fully saturated rings. The highest BCUT2D eigenvalue weighted by Gasteiger charge is 2.38. The molecule has 2 atom stereocenters. The van der Waals surface area contributed by atoms with Crippen LogP contribution in [0, 0.1) is 12.8 Å². The maximum Gasteiger partial charge on any atom is 0.156 e. The predicted molar refractivity (Wildman–Crippen MR) is 154 cm³/mol. The quantitative estimate of drug-likeness (QED) is 0.292. The number of aromatic nitrogens is 6. The first-order chi connectivity index (χ1) is 19.2. The average Bonchev–Trinajstić information content (AvgIpc) is 3.39. The third-order valence-corrected chi connectivity index (χ3v) is 8.46. The molecule has 6 heterocycles. The fraction of sp³-hybridized carbons (Fsp3) is 0.276. The Morgan fingerprint density at radius 1 is 1.02 bits per heavy atom. The highest BCUT2D eigenvalue weighted by atomic mass is 32.2. The molecular formula is C29H29N7O3S. The van der Waals surface area contributed by atoms with Crippen molar-refractivity contribution in [3.8, 4) is 34.2 Å². The van der Waals surface area contributed by atoms with Gasteiger partial charge in [-0.3, -0.25) is 15.0 Å². The maximum atomic E-state index is 11.9. The number of aryl methyl sites for hydroxylation is 1. The number of ether oxygens (including phenoxy) is 1. The molecule has 1 aliphatic heterocycles. The van der Waals surface area contributed by atoms with Crippen LogP contribution in [0.4, 0.5) is 5.69 Å². The average molecular weight is 556 g/mol. The van der Waals surface area contributed by atoms with E-state index in [0.717, 1.165) is 39.2 Å². The third-order valence-electron chi connectivity index (χ3n) is 7.43. The van der Waals surface area contributed by atoms with E-state index in [1.54, 1.807) is 31.9 Å². The second-order valence-corrected chi connectivity index (χ2v) is 12.4. The minimum Gasteiger partial charge on any atom is -0.496 e. The SMILES string of the molecule is COc1ccncc1-c1cc2c(cnn2-c2cc(N3C[C@H](CS(C)(=O)=O)[C@H]3C)cc(-c3ccccn3)n2)c(C)n1. The molecule has 1 aliphatic rings. The molecule has 0 bridgehead atoms. The summed E-state index contributed by atoms with van der Waals surface area (Å²) in [7, 11) is -1.44. The highest BCUT2D eigenvalue weighted by Crippen LogP contribution is 2.36. The summed E-state index contributed by atoms with van der Waals surface area (Å²) in [6, 6.07) is 13.6. The van der Waals surface area contributed by atoms with Crippen LogP contribution in [0.3, 0.4) is 0 Å². The van der Waals surface area contributed by atoms with Crippen molar-refractivity contribution in [2.75, 3.05) is 30.6 Å². The topological polar surface area (TPSA) is 116 Å². The number of rotatable bonds is 7. The maximum absolute atomic E-state index is 11.9. The van der Waals surface area contributed by atoms with Gasteiger partial charge in [-0.05, 0) is 44.2 Å². The van der Waals surface area contributed by atoms with Crippen LogP contribution in [-0.2, 0) is 9.84 Å². The Hall–Kier alpha value is -4.38. The molecule has 204 valence electrons. The Balaban J connectivity index is 1.48. The first-order valence-corrected chi connectivity index (χ1v) is 15.0. The molecule has 0 unspecified atom stereocenters. The molecule has 5 aromatic rings. The van der Waals surface area contributed by atoms with Crippen LogP contribution in [0.2, 0.25) is 0 Å². The molecule has 11 heteroatoms. The van der Waals surface area contributed by atoms with Gasteiger partial charge in [-0.25, -0.2) is 18.1 Å². The predicted octanol–water partition coefficient (Wildman–Crippen LogP) is 4.13. The molecule has 0 spiro atoms. The number of anilines is 1. The first kappa shape index (κ1) is 25.9. The fourth-order valence-electron chi connectivity index (χ4n) is 5.28. The van der Waals surface area contributed by atoms with E-state index in [4.69, 9.17) is 19.8 Å². The van der Waals surface area contributed by atoms with Gasteiger partial charge in [0.25, 0.3) is 0 Å². The van der Waals surface area contributed by atoms with Crippen LogP contribution in [0.1, 0.15) is 12.6 Å². The van der Waals surface area contributed by atoms with Crippen molar-refractivity contribution in [3.05, 3.63) is 72.9 Å². The zero-order valence-corrected chi connectivity index (χ0v) is 23.5. The van der Waals surface area contributed by atoms with Crippen LogP contribution in [0.5, 0.6) is 5.75 Å².